The highest BCUT2D eigenvalue weighted by molar-refractivity contribution is 7.90. The van der Waals surface area contributed by atoms with Crippen LogP contribution in [0.3, 0.4) is 0 Å². The topological polar surface area (TPSA) is 100 Å². The van der Waals surface area contributed by atoms with Crippen LogP contribution in [0.2, 0.25) is 0 Å². The van der Waals surface area contributed by atoms with Crippen LogP contribution in [0.5, 0.6) is 5.75 Å². The van der Waals surface area contributed by atoms with Gasteiger partial charge in [0.15, 0.2) is 0 Å². The van der Waals surface area contributed by atoms with Crippen molar-refractivity contribution in [2.24, 2.45) is 4.99 Å². The van der Waals surface area contributed by atoms with Crippen LogP contribution in [0.4, 0.5) is 0 Å². The molecule has 8 nitrogen and oxygen atoms in total. The van der Waals surface area contributed by atoms with Gasteiger partial charge in [0.05, 0.1) is 24.6 Å². The Morgan fingerprint density at radius 1 is 1.16 bits per heavy atom. The molecule has 1 saturated heterocycles. The van der Waals surface area contributed by atoms with Gasteiger partial charge in [0, 0.05) is 18.5 Å². The minimum Gasteiger partial charge on any atom is -0.497 e. The molecule has 2 N–H and O–H groups in total. The van der Waals surface area contributed by atoms with E-state index >= 15 is 0 Å². The van der Waals surface area contributed by atoms with Gasteiger partial charge in [-0.15, -0.1) is 0 Å². The van der Waals surface area contributed by atoms with Crippen LogP contribution >= 0.6 is 0 Å². The maximum Gasteiger partial charge on any atom is 0.263 e. The number of carbonyl (C=O) groups is 1. The molecule has 0 radical (unpaired) electrons. The van der Waals surface area contributed by atoms with E-state index in [4.69, 9.17) is 4.74 Å². The molecule has 170 valence electrons. The standard InChI is InChI=1S/C23H28N4O4S/c1-31-18-10-8-17(9-11-18)20(27-14-4-5-15-27)16-25-22(28)12-13-24-23-19-6-2-3-7-21(19)32(29,30)26-23/h2-3,6-11,20H,4-5,12-16H2,1H3,(H,24,26)(H,25,28). The third kappa shape index (κ3) is 4.94. The summed E-state index contributed by atoms with van der Waals surface area (Å²) in [5.74, 6) is 0.990. The lowest BCUT2D eigenvalue weighted by Gasteiger charge is -2.28. The Kier molecular flexibility index (Phi) is 6.76. The number of benzene rings is 2. The Bertz CT molecular complexity index is 1090. The molecule has 1 unspecified atom stereocenters. The Morgan fingerprint density at radius 2 is 1.88 bits per heavy atom. The number of sulfonamides is 1. The van der Waals surface area contributed by atoms with Crippen LogP contribution in [0.1, 0.15) is 36.4 Å². The minimum absolute atomic E-state index is 0.104. The molecule has 2 aliphatic heterocycles. The van der Waals surface area contributed by atoms with Crippen molar-refractivity contribution in [1.29, 1.82) is 0 Å². The van der Waals surface area contributed by atoms with Gasteiger partial charge >= 0.3 is 0 Å². The monoisotopic (exact) mass is 456 g/mol. The van der Waals surface area contributed by atoms with Gasteiger partial charge in [0.1, 0.15) is 11.6 Å². The number of amidine groups is 1. The van der Waals surface area contributed by atoms with Crippen molar-refractivity contribution in [2.75, 3.05) is 33.3 Å². The molecular weight excluding hydrogens is 428 g/mol. The first-order valence-electron chi connectivity index (χ1n) is 10.8. The summed E-state index contributed by atoms with van der Waals surface area (Å²) >= 11 is 0. The molecule has 1 amide bonds. The number of carbonyl (C=O) groups excluding carboxylic acids is 1. The Balaban J connectivity index is 1.35. The van der Waals surface area contributed by atoms with E-state index in [0.29, 0.717) is 17.9 Å². The third-order valence-electron chi connectivity index (χ3n) is 5.85. The van der Waals surface area contributed by atoms with E-state index in [1.165, 1.54) is 0 Å². The zero-order valence-corrected chi connectivity index (χ0v) is 18.9. The van der Waals surface area contributed by atoms with Crippen molar-refractivity contribution in [1.82, 2.24) is 14.9 Å². The second-order valence-electron chi connectivity index (χ2n) is 7.92. The van der Waals surface area contributed by atoms with Crippen LogP contribution < -0.4 is 14.8 Å². The smallest absolute Gasteiger partial charge is 0.263 e. The number of nitrogens with zero attached hydrogens (tertiary/aromatic N) is 2. The van der Waals surface area contributed by atoms with Gasteiger partial charge in [-0.25, -0.2) is 8.42 Å². The summed E-state index contributed by atoms with van der Waals surface area (Å²) in [7, 11) is -1.92. The number of hydrogen-bond acceptors (Lipinski definition) is 6. The summed E-state index contributed by atoms with van der Waals surface area (Å²) in [6.07, 6.45) is 2.51. The summed E-state index contributed by atoms with van der Waals surface area (Å²) < 4.78 is 32.0. The Hall–Kier alpha value is -2.91. The van der Waals surface area contributed by atoms with E-state index in [1.54, 1.807) is 31.4 Å². The number of fused-ring (bicyclic) bond motifs is 1. The van der Waals surface area contributed by atoms with Crippen molar-refractivity contribution in [2.45, 2.75) is 30.2 Å². The lowest BCUT2D eigenvalue weighted by molar-refractivity contribution is -0.121. The molecule has 2 aliphatic rings. The van der Waals surface area contributed by atoms with E-state index in [9.17, 15) is 13.2 Å². The molecule has 0 bridgehead atoms. The lowest BCUT2D eigenvalue weighted by Crippen LogP contribution is -2.37. The summed E-state index contributed by atoms with van der Waals surface area (Å²) in [6.45, 7) is 2.74. The lowest BCUT2D eigenvalue weighted by atomic mass is 10.1. The molecule has 2 heterocycles. The predicted molar refractivity (Wildman–Crippen MR) is 122 cm³/mol. The third-order valence-corrected chi connectivity index (χ3v) is 7.24. The van der Waals surface area contributed by atoms with E-state index in [-0.39, 0.29) is 29.8 Å². The first-order chi connectivity index (χ1) is 15.5. The maximum atomic E-state index is 12.5. The van der Waals surface area contributed by atoms with Crippen LogP contribution in [-0.2, 0) is 14.8 Å². The highest BCUT2D eigenvalue weighted by Crippen LogP contribution is 2.26. The normalized spacial score (nSPS) is 19.3. The van der Waals surface area contributed by atoms with Crippen LogP contribution in [0, 0.1) is 0 Å². The first kappa shape index (κ1) is 22.3. The highest BCUT2D eigenvalue weighted by Gasteiger charge is 2.30. The average molecular weight is 457 g/mol. The van der Waals surface area contributed by atoms with Crippen LogP contribution in [0.15, 0.2) is 58.4 Å². The number of rotatable bonds is 8. The van der Waals surface area contributed by atoms with Crippen LogP contribution in [-0.4, -0.2) is 58.3 Å². The van der Waals surface area contributed by atoms with Crippen molar-refractivity contribution in [3.63, 3.8) is 0 Å². The summed E-state index contributed by atoms with van der Waals surface area (Å²) in [4.78, 5) is 19.4. The molecule has 2 aromatic rings. The van der Waals surface area contributed by atoms with Gasteiger partial charge in [0.2, 0.25) is 5.91 Å². The fourth-order valence-electron chi connectivity index (χ4n) is 4.16. The second-order valence-corrected chi connectivity index (χ2v) is 9.57. The second kappa shape index (κ2) is 9.70. The molecule has 0 aromatic heterocycles. The Morgan fingerprint density at radius 3 is 2.59 bits per heavy atom. The molecule has 32 heavy (non-hydrogen) atoms. The van der Waals surface area contributed by atoms with Gasteiger partial charge in [-0.05, 0) is 55.8 Å². The molecule has 2 aromatic carbocycles. The molecule has 0 saturated carbocycles. The molecule has 9 heteroatoms. The van der Waals surface area contributed by atoms with Gasteiger partial charge in [-0.3, -0.25) is 19.4 Å². The van der Waals surface area contributed by atoms with Crippen LogP contribution in [0.25, 0.3) is 0 Å². The Labute approximate surface area is 188 Å². The summed E-state index contributed by atoms with van der Waals surface area (Å²) in [5.41, 5.74) is 1.69. The van der Waals surface area contributed by atoms with Crippen molar-refractivity contribution >= 4 is 21.8 Å². The molecule has 0 aliphatic carbocycles. The number of likely N-dealkylation sites (tertiary alicyclic amines) is 1. The largest absolute Gasteiger partial charge is 0.497 e. The van der Waals surface area contributed by atoms with E-state index in [0.717, 1.165) is 37.2 Å². The van der Waals surface area contributed by atoms with E-state index in [1.807, 2.05) is 24.3 Å². The molecule has 1 atom stereocenters. The summed E-state index contributed by atoms with van der Waals surface area (Å²) in [6, 6.07) is 14.8. The highest BCUT2D eigenvalue weighted by atomic mass is 32.2. The number of hydrogen-bond donors (Lipinski definition) is 2. The zero-order valence-electron chi connectivity index (χ0n) is 18.1. The number of ether oxygens (including phenoxy) is 1. The molecule has 0 spiro atoms. The maximum absolute atomic E-state index is 12.5. The van der Waals surface area contributed by atoms with Gasteiger partial charge in [-0.1, -0.05) is 24.3 Å². The van der Waals surface area contributed by atoms with Crippen molar-refractivity contribution in [3.8, 4) is 5.75 Å². The SMILES string of the molecule is COc1ccc(C(CNC(=O)CCN=C2NS(=O)(=O)c3ccccc32)N2CCCC2)cc1. The average Bonchev–Trinajstić information content (AvgIpc) is 3.41. The zero-order chi connectivity index (χ0) is 22.6. The van der Waals surface area contributed by atoms with Gasteiger partial charge < -0.3 is 10.1 Å². The number of amides is 1. The molecular formula is C23H28N4O4S. The van der Waals surface area contributed by atoms with E-state index in [2.05, 4.69) is 19.9 Å². The minimum atomic E-state index is -3.57. The molecule has 1 fully saturated rings. The summed E-state index contributed by atoms with van der Waals surface area (Å²) in [5, 5.41) is 3.03. The number of nitrogens with one attached hydrogen (secondary N) is 2. The number of methoxy groups -OCH3 is 1. The first-order valence-corrected chi connectivity index (χ1v) is 12.3. The van der Waals surface area contributed by atoms with Gasteiger partial charge in [0.25, 0.3) is 10.0 Å². The quantitative estimate of drug-likeness (QED) is 0.634. The van der Waals surface area contributed by atoms with Crippen molar-refractivity contribution in [3.05, 3.63) is 59.7 Å². The van der Waals surface area contributed by atoms with E-state index < -0.39 is 10.0 Å². The molecule has 4 rings (SSSR count). The number of aliphatic imine (C=N–C) groups is 1. The predicted octanol–water partition coefficient (Wildman–Crippen LogP) is 2.08. The van der Waals surface area contributed by atoms with Crippen molar-refractivity contribution < 1.29 is 17.9 Å². The van der Waals surface area contributed by atoms with Gasteiger partial charge in [-0.2, -0.15) is 0 Å². The fourth-order valence-corrected chi connectivity index (χ4v) is 5.41. The fraction of sp³-hybridized carbons (Fsp3) is 0.391.